The average molecular weight is 421 g/mol. The van der Waals surface area contributed by atoms with Crippen molar-refractivity contribution >= 4 is 27.3 Å². The average Bonchev–Trinajstić information content (AvgIpc) is 3.12. The van der Waals surface area contributed by atoms with E-state index in [1.807, 2.05) is 13.8 Å². The molecular formula is C20H21ClN2O4S. The Hall–Kier alpha value is -2.51. The molecule has 1 N–H and O–H groups in total. The Balaban J connectivity index is 2.06. The van der Waals surface area contributed by atoms with Crippen molar-refractivity contribution in [2.75, 3.05) is 19.0 Å². The van der Waals surface area contributed by atoms with Crippen molar-refractivity contribution in [3.63, 3.8) is 0 Å². The van der Waals surface area contributed by atoms with Crippen LogP contribution in [-0.4, -0.2) is 27.1 Å². The van der Waals surface area contributed by atoms with Crippen LogP contribution < -0.4 is 10.1 Å². The summed E-state index contributed by atoms with van der Waals surface area (Å²) in [5.74, 6) is 1.30. The lowest BCUT2D eigenvalue weighted by Crippen LogP contribution is -2.11. The number of nitrogens with zero attached hydrogens (tertiary/aromatic N) is 1. The minimum absolute atomic E-state index is 0.0964. The monoisotopic (exact) mass is 420 g/mol. The molecule has 3 rings (SSSR count). The Morgan fingerprint density at radius 2 is 1.75 bits per heavy atom. The molecule has 0 amide bonds. The van der Waals surface area contributed by atoms with Crippen molar-refractivity contribution < 1.29 is 17.6 Å². The van der Waals surface area contributed by atoms with Gasteiger partial charge in [-0.3, -0.25) is 0 Å². The van der Waals surface area contributed by atoms with E-state index < -0.39 is 9.84 Å². The fraction of sp³-hybridized carbons (Fsp3) is 0.250. The molecule has 6 nitrogen and oxygen atoms in total. The van der Waals surface area contributed by atoms with Gasteiger partial charge in [0.1, 0.15) is 5.75 Å². The quantitative estimate of drug-likeness (QED) is 0.585. The van der Waals surface area contributed by atoms with Gasteiger partial charge in [0.05, 0.1) is 12.0 Å². The van der Waals surface area contributed by atoms with Crippen molar-refractivity contribution in [3.8, 4) is 17.2 Å². The first kappa shape index (κ1) is 20.2. The topological polar surface area (TPSA) is 81.4 Å². The van der Waals surface area contributed by atoms with Gasteiger partial charge in [-0.15, -0.1) is 0 Å². The van der Waals surface area contributed by atoms with Gasteiger partial charge in [-0.25, -0.2) is 8.42 Å². The summed E-state index contributed by atoms with van der Waals surface area (Å²) < 4.78 is 37.2. The molecule has 0 fully saturated rings. The molecule has 0 aliphatic rings. The van der Waals surface area contributed by atoms with Gasteiger partial charge in [0.2, 0.25) is 26.6 Å². The minimum Gasteiger partial charge on any atom is -0.497 e. The van der Waals surface area contributed by atoms with Gasteiger partial charge >= 0.3 is 0 Å². The Morgan fingerprint density at radius 3 is 2.32 bits per heavy atom. The molecule has 2 aromatic carbocycles. The maximum atomic E-state index is 13.1. The number of hydrogen-bond acceptors (Lipinski definition) is 6. The molecule has 0 aliphatic carbocycles. The summed E-state index contributed by atoms with van der Waals surface area (Å²) in [4.78, 5) is 4.39. The van der Waals surface area contributed by atoms with Crippen LogP contribution in [0.1, 0.15) is 13.8 Å². The lowest BCUT2D eigenvalue weighted by Gasteiger charge is -2.08. The number of hydrogen-bond donors (Lipinski definition) is 1. The summed E-state index contributed by atoms with van der Waals surface area (Å²) in [5.41, 5.74) is 0.644. The van der Waals surface area contributed by atoms with E-state index in [-0.39, 0.29) is 21.7 Å². The van der Waals surface area contributed by atoms with E-state index >= 15 is 0 Å². The maximum Gasteiger partial charge on any atom is 0.233 e. The molecule has 148 valence electrons. The Bertz CT molecular complexity index is 1040. The molecule has 0 unspecified atom stereocenters. The molecule has 0 bridgehead atoms. The van der Waals surface area contributed by atoms with Crippen molar-refractivity contribution in [2.45, 2.75) is 23.8 Å². The zero-order chi connectivity index (χ0) is 20.3. The van der Waals surface area contributed by atoms with Crippen LogP contribution in [0.4, 0.5) is 5.88 Å². The number of rotatable bonds is 7. The van der Waals surface area contributed by atoms with Crippen LogP contribution in [0.25, 0.3) is 11.5 Å². The van der Waals surface area contributed by atoms with E-state index in [9.17, 15) is 8.42 Å². The molecule has 28 heavy (non-hydrogen) atoms. The highest BCUT2D eigenvalue weighted by molar-refractivity contribution is 7.91. The molecule has 0 radical (unpaired) electrons. The molecule has 0 atom stereocenters. The van der Waals surface area contributed by atoms with Gasteiger partial charge < -0.3 is 14.5 Å². The van der Waals surface area contributed by atoms with Gasteiger partial charge in [0.25, 0.3) is 0 Å². The summed E-state index contributed by atoms with van der Waals surface area (Å²) >= 11 is 5.88. The third-order valence-electron chi connectivity index (χ3n) is 3.98. The maximum absolute atomic E-state index is 13.1. The number of nitrogens with one attached hydrogen (secondary N) is 1. The number of aromatic nitrogens is 1. The van der Waals surface area contributed by atoms with Crippen LogP contribution in [-0.2, 0) is 9.84 Å². The van der Waals surface area contributed by atoms with Gasteiger partial charge in [0, 0.05) is 17.1 Å². The molecule has 1 aromatic heterocycles. The fourth-order valence-electron chi connectivity index (χ4n) is 2.48. The lowest BCUT2D eigenvalue weighted by atomic mass is 10.2. The van der Waals surface area contributed by atoms with Gasteiger partial charge in [0.15, 0.2) is 0 Å². The van der Waals surface area contributed by atoms with Crippen LogP contribution >= 0.6 is 11.6 Å². The van der Waals surface area contributed by atoms with Crippen molar-refractivity contribution in [1.82, 2.24) is 4.98 Å². The van der Waals surface area contributed by atoms with Crippen molar-refractivity contribution in [2.24, 2.45) is 5.92 Å². The van der Waals surface area contributed by atoms with Crippen LogP contribution in [0, 0.1) is 5.92 Å². The molecule has 0 saturated heterocycles. The molecule has 0 spiro atoms. The largest absolute Gasteiger partial charge is 0.497 e. The van der Waals surface area contributed by atoms with Gasteiger partial charge in [-0.1, -0.05) is 25.4 Å². The van der Waals surface area contributed by atoms with Crippen LogP contribution in [0.5, 0.6) is 5.75 Å². The second-order valence-electron chi connectivity index (χ2n) is 6.61. The summed E-state index contributed by atoms with van der Waals surface area (Å²) in [7, 11) is -2.31. The Labute approximate surface area is 169 Å². The number of oxazole rings is 1. The number of ether oxygens (including phenoxy) is 1. The van der Waals surface area contributed by atoms with E-state index in [1.165, 1.54) is 24.3 Å². The van der Waals surface area contributed by atoms with Gasteiger partial charge in [-0.05, 0) is 54.4 Å². The third-order valence-corrected chi connectivity index (χ3v) is 5.91. The van der Waals surface area contributed by atoms with E-state index in [1.54, 1.807) is 31.4 Å². The minimum atomic E-state index is -3.88. The first-order valence-electron chi connectivity index (χ1n) is 8.71. The predicted molar refractivity (Wildman–Crippen MR) is 109 cm³/mol. The third kappa shape index (κ3) is 4.31. The van der Waals surface area contributed by atoms with E-state index in [0.717, 1.165) is 0 Å². The molecule has 3 aromatic rings. The summed E-state index contributed by atoms with van der Waals surface area (Å²) in [6.45, 7) is 4.57. The van der Waals surface area contributed by atoms with Crippen molar-refractivity contribution in [3.05, 3.63) is 53.6 Å². The normalized spacial score (nSPS) is 11.6. The SMILES string of the molecule is COc1ccc(-c2nc(S(=O)(=O)c3ccc(Cl)cc3)c(NCC(C)C)o2)cc1. The highest BCUT2D eigenvalue weighted by atomic mass is 35.5. The molecule has 0 aliphatic heterocycles. The number of sulfone groups is 1. The first-order chi connectivity index (χ1) is 13.3. The van der Waals surface area contributed by atoms with Gasteiger partial charge in [-0.2, -0.15) is 4.98 Å². The Kier molecular flexibility index (Phi) is 5.96. The van der Waals surface area contributed by atoms with E-state index in [4.69, 9.17) is 20.8 Å². The summed E-state index contributed by atoms with van der Waals surface area (Å²) in [6, 6.07) is 13.0. The van der Waals surface area contributed by atoms with Crippen LogP contribution in [0.15, 0.2) is 62.9 Å². The van der Waals surface area contributed by atoms with Crippen LogP contribution in [0.2, 0.25) is 5.02 Å². The highest BCUT2D eigenvalue weighted by Crippen LogP contribution is 2.33. The smallest absolute Gasteiger partial charge is 0.233 e. The predicted octanol–water partition coefficient (Wildman–Crippen LogP) is 4.90. The zero-order valence-corrected chi connectivity index (χ0v) is 17.3. The molecular weight excluding hydrogens is 400 g/mol. The van der Waals surface area contributed by atoms with Crippen molar-refractivity contribution in [1.29, 1.82) is 0 Å². The standard InChI is InChI=1S/C20H21ClN2O4S/c1-13(2)12-22-19-20(28(24,25)17-10-6-15(21)7-11-17)23-18(27-19)14-4-8-16(26-3)9-5-14/h4-11,13,22H,12H2,1-3H3. The summed E-state index contributed by atoms with van der Waals surface area (Å²) in [6.07, 6.45) is 0. The van der Waals surface area contributed by atoms with Crippen LogP contribution in [0.3, 0.4) is 0 Å². The number of methoxy groups -OCH3 is 1. The first-order valence-corrected chi connectivity index (χ1v) is 10.6. The molecule has 1 heterocycles. The number of halogens is 1. The molecule has 0 saturated carbocycles. The second-order valence-corrected chi connectivity index (χ2v) is 8.92. The van der Waals surface area contributed by atoms with E-state index in [2.05, 4.69) is 10.3 Å². The fourth-order valence-corrected chi connectivity index (χ4v) is 3.88. The zero-order valence-electron chi connectivity index (χ0n) is 15.8. The number of benzene rings is 2. The van der Waals surface area contributed by atoms with E-state index in [0.29, 0.717) is 28.8 Å². The summed E-state index contributed by atoms with van der Waals surface area (Å²) in [5, 5.41) is 3.36. The Morgan fingerprint density at radius 1 is 1.11 bits per heavy atom. The molecule has 8 heteroatoms. The lowest BCUT2D eigenvalue weighted by molar-refractivity contribution is 0.415. The second kappa shape index (κ2) is 8.24. The highest BCUT2D eigenvalue weighted by Gasteiger charge is 2.28. The number of anilines is 1.